The predicted molar refractivity (Wildman–Crippen MR) is 97.9 cm³/mol. The molecule has 0 aromatic heterocycles. The third-order valence-electron chi connectivity index (χ3n) is 5.82. The van der Waals surface area contributed by atoms with E-state index in [0.717, 1.165) is 50.5 Å². The molecular formula is C20H30N2O3. The molecule has 1 heterocycles. The number of ether oxygens (including phenoxy) is 2. The number of hydrogen-bond acceptors (Lipinski definition) is 4. The van der Waals surface area contributed by atoms with E-state index in [1.807, 2.05) is 24.3 Å². The fourth-order valence-corrected chi connectivity index (χ4v) is 4.37. The topological polar surface area (TPSA) is 50.8 Å². The predicted octanol–water partition coefficient (Wildman–Crippen LogP) is 2.39. The normalized spacial score (nSPS) is 21.7. The van der Waals surface area contributed by atoms with Gasteiger partial charge in [0.05, 0.1) is 26.7 Å². The second kappa shape index (κ2) is 8.19. The molecule has 1 aromatic rings. The Kier molecular flexibility index (Phi) is 5.97. The zero-order chi connectivity index (χ0) is 17.7. The average Bonchev–Trinajstić information content (AvgIpc) is 3.14. The van der Waals surface area contributed by atoms with Gasteiger partial charge in [0, 0.05) is 24.7 Å². The van der Waals surface area contributed by atoms with Gasteiger partial charge < -0.3 is 14.8 Å². The van der Waals surface area contributed by atoms with Gasteiger partial charge in [-0.25, -0.2) is 0 Å². The van der Waals surface area contributed by atoms with Gasteiger partial charge in [-0.1, -0.05) is 25.0 Å². The Morgan fingerprint density at radius 1 is 1.24 bits per heavy atom. The molecule has 1 saturated heterocycles. The van der Waals surface area contributed by atoms with Crippen molar-refractivity contribution in [2.24, 2.45) is 0 Å². The molecule has 1 N–H and O–H groups in total. The fraction of sp³-hybridized carbons (Fsp3) is 0.650. The van der Waals surface area contributed by atoms with Gasteiger partial charge in [0.1, 0.15) is 5.75 Å². The molecule has 1 aliphatic carbocycles. The first kappa shape index (κ1) is 18.2. The maximum atomic E-state index is 12.6. The van der Waals surface area contributed by atoms with Crippen molar-refractivity contribution in [1.29, 1.82) is 0 Å². The van der Waals surface area contributed by atoms with Crippen LogP contribution >= 0.6 is 0 Å². The Morgan fingerprint density at radius 2 is 1.88 bits per heavy atom. The molecule has 138 valence electrons. The first-order valence-electron chi connectivity index (χ1n) is 9.39. The van der Waals surface area contributed by atoms with Gasteiger partial charge in [-0.05, 0) is 37.5 Å². The molecule has 0 spiro atoms. The molecule has 1 atom stereocenters. The van der Waals surface area contributed by atoms with Crippen molar-refractivity contribution in [2.75, 3.05) is 33.4 Å². The zero-order valence-corrected chi connectivity index (χ0v) is 15.4. The van der Waals surface area contributed by atoms with Crippen LogP contribution in [0, 0.1) is 0 Å². The van der Waals surface area contributed by atoms with Crippen LogP contribution < -0.4 is 10.1 Å². The molecule has 0 bridgehead atoms. The minimum Gasteiger partial charge on any atom is -0.497 e. The monoisotopic (exact) mass is 346 g/mol. The highest BCUT2D eigenvalue weighted by molar-refractivity contribution is 5.79. The van der Waals surface area contributed by atoms with Crippen molar-refractivity contribution in [3.05, 3.63) is 29.8 Å². The minimum atomic E-state index is 0.0946. The van der Waals surface area contributed by atoms with Gasteiger partial charge in [-0.3, -0.25) is 9.69 Å². The maximum absolute atomic E-state index is 12.6. The van der Waals surface area contributed by atoms with Crippen molar-refractivity contribution in [3.8, 4) is 5.75 Å². The Labute approximate surface area is 150 Å². The van der Waals surface area contributed by atoms with E-state index < -0.39 is 0 Å². The molecule has 1 saturated carbocycles. The fourth-order valence-electron chi connectivity index (χ4n) is 4.37. The van der Waals surface area contributed by atoms with Gasteiger partial charge in [0.25, 0.3) is 0 Å². The van der Waals surface area contributed by atoms with E-state index in [-0.39, 0.29) is 17.5 Å². The summed E-state index contributed by atoms with van der Waals surface area (Å²) in [6.45, 7) is 5.71. The highest BCUT2D eigenvalue weighted by Gasteiger charge is 2.44. The van der Waals surface area contributed by atoms with Crippen LogP contribution in [0.4, 0.5) is 0 Å². The summed E-state index contributed by atoms with van der Waals surface area (Å²) in [6, 6.07) is 7.86. The van der Waals surface area contributed by atoms with E-state index in [0.29, 0.717) is 6.42 Å². The second-order valence-electron chi connectivity index (χ2n) is 7.22. The minimum absolute atomic E-state index is 0.0946. The summed E-state index contributed by atoms with van der Waals surface area (Å²) < 4.78 is 10.7. The third kappa shape index (κ3) is 4.15. The number of carbonyl (C=O) groups is 1. The maximum Gasteiger partial charge on any atom is 0.224 e. The molecule has 3 rings (SSSR count). The Hall–Kier alpha value is -1.59. The van der Waals surface area contributed by atoms with Crippen molar-refractivity contribution in [3.63, 3.8) is 0 Å². The zero-order valence-electron chi connectivity index (χ0n) is 15.4. The van der Waals surface area contributed by atoms with Gasteiger partial charge in [-0.15, -0.1) is 0 Å². The van der Waals surface area contributed by atoms with Gasteiger partial charge in [0.2, 0.25) is 5.91 Å². The largest absolute Gasteiger partial charge is 0.497 e. The van der Waals surface area contributed by atoms with Crippen LogP contribution in [-0.4, -0.2) is 55.8 Å². The van der Waals surface area contributed by atoms with Crippen LogP contribution in [0.2, 0.25) is 0 Å². The number of nitrogens with one attached hydrogen (secondary N) is 1. The number of rotatable bonds is 6. The van der Waals surface area contributed by atoms with Crippen LogP contribution in [-0.2, 0) is 16.0 Å². The smallest absolute Gasteiger partial charge is 0.224 e. The van der Waals surface area contributed by atoms with Crippen LogP contribution in [0.15, 0.2) is 24.3 Å². The van der Waals surface area contributed by atoms with Gasteiger partial charge >= 0.3 is 0 Å². The number of morpholine rings is 1. The summed E-state index contributed by atoms with van der Waals surface area (Å²) in [7, 11) is 1.65. The van der Waals surface area contributed by atoms with Crippen molar-refractivity contribution < 1.29 is 14.3 Å². The second-order valence-corrected chi connectivity index (χ2v) is 7.22. The van der Waals surface area contributed by atoms with E-state index in [9.17, 15) is 4.79 Å². The number of nitrogens with zero attached hydrogens (tertiary/aromatic N) is 1. The molecule has 0 unspecified atom stereocenters. The first-order valence-corrected chi connectivity index (χ1v) is 9.39. The lowest BCUT2D eigenvalue weighted by atomic mass is 9.86. The number of methoxy groups -OCH3 is 1. The van der Waals surface area contributed by atoms with E-state index in [1.165, 1.54) is 12.8 Å². The van der Waals surface area contributed by atoms with E-state index in [2.05, 4.69) is 17.1 Å². The first-order chi connectivity index (χ1) is 12.1. The Balaban J connectivity index is 1.62. The molecule has 2 fully saturated rings. The Bertz CT molecular complexity index is 561. The molecule has 1 amide bonds. The summed E-state index contributed by atoms with van der Waals surface area (Å²) in [6.07, 6.45) is 5.23. The molecule has 2 aliphatic rings. The molecule has 0 radical (unpaired) electrons. The summed E-state index contributed by atoms with van der Waals surface area (Å²) in [5.41, 5.74) is 1.11. The van der Waals surface area contributed by atoms with Crippen LogP contribution in [0.5, 0.6) is 5.75 Å². The van der Waals surface area contributed by atoms with Gasteiger partial charge in [-0.2, -0.15) is 0 Å². The van der Waals surface area contributed by atoms with Crippen LogP contribution in [0.25, 0.3) is 0 Å². The number of amides is 1. The SMILES string of the molecule is COc1ccc(CC(=O)N[C@@H](C)C2(N3CCOCC3)CCCC2)cc1. The lowest BCUT2D eigenvalue weighted by molar-refractivity contribution is -0.122. The summed E-state index contributed by atoms with van der Waals surface area (Å²) >= 11 is 0. The Morgan fingerprint density at radius 3 is 2.48 bits per heavy atom. The standard InChI is InChI=1S/C20H30N2O3/c1-16(20(9-3-4-10-20)22-11-13-25-14-12-22)21-19(23)15-17-5-7-18(24-2)8-6-17/h5-8,16H,3-4,9-15H2,1-2H3,(H,21,23)/t16-/m0/s1. The molecule has 1 aromatic carbocycles. The lowest BCUT2D eigenvalue weighted by Gasteiger charge is -2.47. The van der Waals surface area contributed by atoms with Gasteiger partial charge in [0.15, 0.2) is 0 Å². The molecule has 5 nitrogen and oxygen atoms in total. The molecular weight excluding hydrogens is 316 g/mol. The molecule has 1 aliphatic heterocycles. The average molecular weight is 346 g/mol. The molecule has 25 heavy (non-hydrogen) atoms. The summed E-state index contributed by atoms with van der Waals surface area (Å²) in [4.78, 5) is 15.1. The van der Waals surface area contributed by atoms with E-state index in [1.54, 1.807) is 7.11 Å². The number of hydrogen-bond donors (Lipinski definition) is 1. The number of benzene rings is 1. The van der Waals surface area contributed by atoms with Crippen molar-refractivity contribution in [1.82, 2.24) is 10.2 Å². The highest BCUT2D eigenvalue weighted by atomic mass is 16.5. The van der Waals surface area contributed by atoms with Crippen molar-refractivity contribution in [2.45, 2.75) is 50.6 Å². The molecule has 5 heteroatoms. The van der Waals surface area contributed by atoms with E-state index >= 15 is 0 Å². The highest BCUT2D eigenvalue weighted by Crippen LogP contribution is 2.38. The lowest BCUT2D eigenvalue weighted by Crippen LogP contribution is -2.62. The third-order valence-corrected chi connectivity index (χ3v) is 5.82. The number of carbonyl (C=O) groups excluding carboxylic acids is 1. The summed E-state index contributed by atoms with van der Waals surface area (Å²) in [5.74, 6) is 0.909. The van der Waals surface area contributed by atoms with Crippen LogP contribution in [0.3, 0.4) is 0 Å². The van der Waals surface area contributed by atoms with Crippen molar-refractivity contribution >= 4 is 5.91 Å². The van der Waals surface area contributed by atoms with Crippen LogP contribution in [0.1, 0.15) is 38.2 Å². The summed E-state index contributed by atoms with van der Waals surface area (Å²) in [5, 5.41) is 3.28. The van der Waals surface area contributed by atoms with E-state index in [4.69, 9.17) is 9.47 Å². The quantitative estimate of drug-likeness (QED) is 0.859.